The molecule has 1 aliphatic heterocycles. The average molecular weight is 301 g/mol. The summed E-state index contributed by atoms with van der Waals surface area (Å²) in [7, 11) is 0. The van der Waals surface area contributed by atoms with Crippen molar-refractivity contribution in [2.75, 3.05) is 6.61 Å². The molecule has 0 amide bonds. The monoisotopic (exact) mass is 301 g/mol. The lowest BCUT2D eigenvalue weighted by atomic mass is 10.1. The highest BCUT2D eigenvalue weighted by Crippen LogP contribution is 2.29. The van der Waals surface area contributed by atoms with Crippen molar-refractivity contribution in [1.82, 2.24) is 9.55 Å². The molecule has 1 unspecified atom stereocenters. The van der Waals surface area contributed by atoms with Crippen LogP contribution in [0.25, 0.3) is 0 Å². The summed E-state index contributed by atoms with van der Waals surface area (Å²) in [5.74, 6) is 10.0. The molecule has 1 aromatic heterocycles. The second-order valence-electron chi connectivity index (χ2n) is 4.39. The van der Waals surface area contributed by atoms with Gasteiger partial charge in [0.15, 0.2) is 12.3 Å². The van der Waals surface area contributed by atoms with E-state index in [9.17, 15) is 14.7 Å². The number of nitrogens with two attached hydrogens (primary N) is 2. The van der Waals surface area contributed by atoms with Gasteiger partial charge in [0.05, 0.1) is 12.2 Å². The van der Waals surface area contributed by atoms with Crippen LogP contribution >= 0.6 is 0 Å². The minimum Gasteiger partial charge on any atom is -0.387 e. The summed E-state index contributed by atoms with van der Waals surface area (Å²) >= 11 is 0. The molecule has 4 atom stereocenters. The van der Waals surface area contributed by atoms with Gasteiger partial charge in [0.2, 0.25) is 0 Å². The number of nitrogens with one attached hydrogen (secondary N) is 2. The van der Waals surface area contributed by atoms with E-state index in [1.807, 2.05) is 4.98 Å². The molecular formula is C10H15N5O6. The summed E-state index contributed by atoms with van der Waals surface area (Å²) in [6, 6.07) is 0. The van der Waals surface area contributed by atoms with Crippen molar-refractivity contribution in [3.63, 3.8) is 0 Å². The number of hydrogen-bond donors (Lipinski definition) is 5. The zero-order chi connectivity index (χ0) is 15.6. The molecule has 0 saturated carbocycles. The highest BCUT2D eigenvalue weighted by atomic mass is 16.7. The molecular weight excluding hydrogens is 286 g/mol. The number of rotatable bonds is 5. The maximum absolute atomic E-state index is 11.8. The SMILES string of the molecule is N=Cc1cn([C@@H]2O[C@H](CON)C(O)[C@@H]2ON)c(=O)[nH]c1=O. The Morgan fingerprint density at radius 1 is 1.52 bits per heavy atom. The number of hydrogen-bond acceptors (Lipinski definition) is 9. The minimum atomic E-state index is -1.19. The van der Waals surface area contributed by atoms with E-state index in [-0.39, 0.29) is 12.2 Å². The Balaban J connectivity index is 2.43. The van der Waals surface area contributed by atoms with Crippen LogP contribution in [0, 0.1) is 5.41 Å². The summed E-state index contributed by atoms with van der Waals surface area (Å²) in [6.45, 7) is -0.146. The van der Waals surface area contributed by atoms with Crippen molar-refractivity contribution in [2.24, 2.45) is 11.8 Å². The van der Waals surface area contributed by atoms with Crippen molar-refractivity contribution in [3.8, 4) is 0 Å². The first kappa shape index (κ1) is 15.5. The van der Waals surface area contributed by atoms with E-state index in [4.69, 9.17) is 21.9 Å². The van der Waals surface area contributed by atoms with Gasteiger partial charge in [-0.15, -0.1) is 0 Å². The number of aromatic amines is 1. The van der Waals surface area contributed by atoms with Crippen LogP contribution in [0.1, 0.15) is 11.8 Å². The first-order valence-corrected chi connectivity index (χ1v) is 5.90. The Bertz CT molecular complexity index is 627. The molecule has 1 saturated heterocycles. The van der Waals surface area contributed by atoms with E-state index in [1.165, 1.54) is 0 Å². The van der Waals surface area contributed by atoms with Crippen molar-refractivity contribution < 1.29 is 19.5 Å². The lowest BCUT2D eigenvalue weighted by Gasteiger charge is -2.19. The zero-order valence-corrected chi connectivity index (χ0v) is 10.8. The van der Waals surface area contributed by atoms with Crippen LogP contribution in [0.5, 0.6) is 0 Å². The molecule has 11 heteroatoms. The minimum absolute atomic E-state index is 0.0676. The molecule has 2 heterocycles. The van der Waals surface area contributed by atoms with Crippen molar-refractivity contribution in [3.05, 3.63) is 32.6 Å². The highest BCUT2D eigenvalue weighted by molar-refractivity contribution is 5.75. The number of aliphatic hydroxyl groups is 1. The maximum Gasteiger partial charge on any atom is 0.330 e. The quantitative estimate of drug-likeness (QED) is 0.281. The Morgan fingerprint density at radius 3 is 2.81 bits per heavy atom. The van der Waals surface area contributed by atoms with Crippen LogP contribution in [0.15, 0.2) is 15.8 Å². The summed E-state index contributed by atoms with van der Waals surface area (Å²) in [5, 5.41) is 17.1. The highest BCUT2D eigenvalue weighted by Gasteiger charge is 2.46. The molecule has 1 aliphatic rings. The van der Waals surface area contributed by atoms with Gasteiger partial charge in [-0.25, -0.2) is 16.6 Å². The topological polar surface area (TPSA) is 179 Å². The molecule has 1 fully saturated rings. The van der Waals surface area contributed by atoms with Gasteiger partial charge in [-0.3, -0.25) is 19.2 Å². The molecule has 1 aromatic rings. The van der Waals surface area contributed by atoms with Gasteiger partial charge in [0.25, 0.3) is 5.56 Å². The van der Waals surface area contributed by atoms with Gasteiger partial charge in [-0.05, 0) is 0 Å². The van der Waals surface area contributed by atoms with E-state index in [0.717, 1.165) is 17.0 Å². The van der Waals surface area contributed by atoms with Gasteiger partial charge < -0.3 is 20.1 Å². The molecule has 21 heavy (non-hydrogen) atoms. The van der Waals surface area contributed by atoms with Crippen LogP contribution in [-0.4, -0.2) is 45.8 Å². The second kappa shape index (κ2) is 6.26. The third-order valence-electron chi connectivity index (χ3n) is 3.16. The van der Waals surface area contributed by atoms with Gasteiger partial charge in [0.1, 0.15) is 12.2 Å². The Morgan fingerprint density at radius 2 is 2.24 bits per heavy atom. The van der Waals surface area contributed by atoms with Gasteiger partial charge in [0, 0.05) is 12.4 Å². The van der Waals surface area contributed by atoms with Crippen LogP contribution < -0.4 is 23.0 Å². The van der Waals surface area contributed by atoms with E-state index in [0.29, 0.717) is 0 Å². The molecule has 116 valence electrons. The van der Waals surface area contributed by atoms with Crippen LogP contribution in [0.3, 0.4) is 0 Å². The standard InChI is InChI=1S/C10H15N5O6/c11-1-4-2-15(10(18)14-8(4)17)9-7(21-13)6(16)5(20-9)3-19-12/h1-2,5-7,9,11,16H,3,12-13H2,(H,14,17,18)/t5-,6?,7+,9-/m1/s1. The first-order valence-electron chi connectivity index (χ1n) is 5.90. The summed E-state index contributed by atoms with van der Waals surface area (Å²) in [4.78, 5) is 34.3. The van der Waals surface area contributed by atoms with Crippen molar-refractivity contribution in [1.29, 1.82) is 5.41 Å². The Kier molecular flexibility index (Phi) is 4.62. The number of ether oxygens (including phenoxy) is 1. The van der Waals surface area contributed by atoms with E-state index >= 15 is 0 Å². The second-order valence-corrected chi connectivity index (χ2v) is 4.39. The smallest absolute Gasteiger partial charge is 0.330 e. The molecule has 11 nitrogen and oxygen atoms in total. The summed E-state index contributed by atoms with van der Waals surface area (Å²) in [5.41, 5.74) is -1.57. The summed E-state index contributed by atoms with van der Waals surface area (Å²) in [6.07, 6.45) is -2.34. The molecule has 7 N–H and O–H groups in total. The normalized spacial score (nSPS) is 28.7. The fraction of sp³-hybridized carbons (Fsp3) is 0.500. The molecule has 0 aromatic carbocycles. The van der Waals surface area contributed by atoms with E-state index < -0.39 is 35.8 Å². The summed E-state index contributed by atoms with van der Waals surface area (Å²) < 4.78 is 6.40. The Hall–Kier alpha value is -1.89. The zero-order valence-electron chi connectivity index (χ0n) is 10.8. The van der Waals surface area contributed by atoms with E-state index in [2.05, 4.69) is 9.68 Å². The van der Waals surface area contributed by atoms with E-state index in [1.54, 1.807) is 0 Å². The maximum atomic E-state index is 11.8. The predicted molar refractivity (Wildman–Crippen MR) is 68.3 cm³/mol. The largest absolute Gasteiger partial charge is 0.387 e. The van der Waals surface area contributed by atoms with Crippen LogP contribution in [0.2, 0.25) is 0 Å². The van der Waals surface area contributed by atoms with Gasteiger partial charge in [-0.1, -0.05) is 0 Å². The number of aliphatic hydroxyl groups excluding tert-OH is 1. The predicted octanol–water partition coefficient (Wildman–Crippen LogP) is -3.06. The molecule has 0 aliphatic carbocycles. The Labute approximate surface area is 117 Å². The van der Waals surface area contributed by atoms with Gasteiger partial charge >= 0.3 is 5.69 Å². The van der Waals surface area contributed by atoms with Crippen LogP contribution in [0.4, 0.5) is 0 Å². The first-order chi connectivity index (χ1) is 10.0. The third-order valence-corrected chi connectivity index (χ3v) is 3.16. The third kappa shape index (κ3) is 2.78. The molecule has 0 radical (unpaired) electrons. The molecule has 2 rings (SSSR count). The van der Waals surface area contributed by atoms with Crippen LogP contribution in [-0.2, 0) is 14.4 Å². The average Bonchev–Trinajstić information content (AvgIpc) is 2.76. The molecule has 0 spiro atoms. The fourth-order valence-electron chi connectivity index (χ4n) is 2.11. The number of H-pyrrole nitrogens is 1. The fourth-order valence-corrected chi connectivity index (χ4v) is 2.11. The molecule has 0 bridgehead atoms. The lowest BCUT2D eigenvalue weighted by Crippen LogP contribution is -2.41. The van der Waals surface area contributed by atoms with Gasteiger partial charge in [-0.2, -0.15) is 0 Å². The number of aromatic nitrogens is 2. The van der Waals surface area contributed by atoms with Crippen molar-refractivity contribution in [2.45, 2.75) is 24.5 Å². The lowest BCUT2D eigenvalue weighted by molar-refractivity contribution is -0.0806. The number of nitrogens with zero attached hydrogens (tertiary/aromatic N) is 1. The van der Waals surface area contributed by atoms with Crippen molar-refractivity contribution >= 4 is 6.21 Å².